The summed E-state index contributed by atoms with van der Waals surface area (Å²) >= 11 is 0. The fourth-order valence-corrected chi connectivity index (χ4v) is 3.12. The van der Waals surface area contributed by atoms with E-state index in [9.17, 15) is 0 Å². The van der Waals surface area contributed by atoms with E-state index in [1.807, 2.05) is 6.92 Å². The van der Waals surface area contributed by atoms with E-state index in [0.29, 0.717) is 0 Å². The lowest BCUT2D eigenvalue weighted by molar-refractivity contribution is 0.402. The van der Waals surface area contributed by atoms with Gasteiger partial charge in [0.05, 0.1) is 0 Å². The Morgan fingerprint density at radius 3 is 1.94 bits per heavy atom. The summed E-state index contributed by atoms with van der Waals surface area (Å²) in [6, 6.07) is 0. The molecule has 18 heavy (non-hydrogen) atoms. The Hall–Kier alpha value is -0.440. The first-order chi connectivity index (χ1) is 8.83. The molecule has 0 spiro atoms. The van der Waals surface area contributed by atoms with E-state index in [1.54, 1.807) is 0 Å². The van der Waals surface area contributed by atoms with Crippen molar-refractivity contribution in [3.8, 4) is 11.8 Å². The van der Waals surface area contributed by atoms with Crippen LogP contribution < -0.4 is 0 Å². The van der Waals surface area contributed by atoms with Crippen LogP contribution in [0, 0.1) is 23.7 Å². The SMILES string of the molecule is CC#CCC1CCCCCCCC(C)CCCC1. The lowest BCUT2D eigenvalue weighted by Gasteiger charge is -2.14. The first-order valence-electron chi connectivity index (χ1n) is 8.22. The third-order valence-corrected chi connectivity index (χ3v) is 4.44. The van der Waals surface area contributed by atoms with Crippen LogP contribution in [0.4, 0.5) is 0 Å². The average Bonchev–Trinajstić information content (AvgIpc) is 2.39. The van der Waals surface area contributed by atoms with Gasteiger partial charge in [-0.2, -0.15) is 0 Å². The van der Waals surface area contributed by atoms with Crippen LogP contribution in [0.3, 0.4) is 0 Å². The summed E-state index contributed by atoms with van der Waals surface area (Å²) in [6.45, 7) is 4.42. The van der Waals surface area contributed by atoms with Gasteiger partial charge in [0.15, 0.2) is 0 Å². The first-order valence-corrected chi connectivity index (χ1v) is 8.22. The molecule has 1 rings (SSSR count). The summed E-state index contributed by atoms with van der Waals surface area (Å²) in [5, 5.41) is 0. The zero-order valence-corrected chi connectivity index (χ0v) is 12.6. The van der Waals surface area contributed by atoms with Gasteiger partial charge in [-0.25, -0.2) is 0 Å². The molecule has 0 heterocycles. The third-order valence-electron chi connectivity index (χ3n) is 4.44. The maximum absolute atomic E-state index is 3.30. The van der Waals surface area contributed by atoms with Crippen molar-refractivity contribution in [2.75, 3.05) is 0 Å². The molecule has 104 valence electrons. The van der Waals surface area contributed by atoms with Gasteiger partial charge < -0.3 is 0 Å². The topological polar surface area (TPSA) is 0 Å². The molecular weight excluding hydrogens is 216 g/mol. The van der Waals surface area contributed by atoms with Gasteiger partial charge in [0, 0.05) is 6.42 Å². The van der Waals surface area contributed by atoms with E-state index in [4.69, 9.17) is 0 Å². The molecule has 0 N–H and O–H groups in total. The predicted octanol–water partition coefficient (Wildman–Crippen LogP) is 5.96. The molecule has 1 saturated carbocycles. The van der Waals surface area contributed by atoms with Crippen LogP contribution in [0.25, 0.3) is 0 Å². The summed E-state index contributed by atoms with van der Waals surface area (Å²) in [7, 11) is 0. The minimum atomic E-state index is 0.883. The molecule has 0 nitrogen and oxygen atoms in total. The number of rotatable bonds is 1. The van der Waals surface area contributed by atoms with Gasteiger partial charge in [-0.15, -0.1) is 11.8 Å². The summed E-state index contributed by atoms with van der Waals surface area (Å²) in [6.07, 6.45) is 17.0. The van der Waals surface area contributed by atoms with E-state index in [2.05, 4.69) is 18.8 Å². The number of hydrogen-bond donors (Lipinski definition) is 0. The molecule has 0 bridgehead atoms. The lowest BCUT2D eigenvalue weighted by Crippen LogP contribution is -2.00. The molecule has 0 aliphatic heterocycles. The van der Waals surface area contributed by atoms with Crippen LogP contribution in [-0.2, 0) is 0 Å². The van der Waals surface area contributed by atoms with Crippen LogP contribution in [0.2, 0.25) is 0 Å². The molecule has 1 fully saturated rings. The first kappa shape index (κ1) is 15.6. The van der Waals surface area contributed by atoms with Gasteiger partial charge in [0.2, 0.25) is 0 Å². The summed E-state index contributed by atoms with van der Waals surface area (Å²) in [4.78, 5) is 0. The molecule has 1 aliphatic carbocycles. The summed E-state index contributed by atoms with van der Waals surface area (Å²) < 4.78 is 0. The van der Waals surface area contributed by atoms with Crippen molar-refractivity contribution in [2.24, 2.45) is 11.8 Å². The van der Waals surface area contributed by atoms with Crippen molar-refractivity contribution in [3.63, 3.8) is 0 Å². The second-order valence-corrected chi connectivity index (χ2v) is 6.23. The fraction of sp³-hybridized carbons (Fsp3) is 0.889. The minimum absolute atomic E-state index is 0.883. The van der Waals surface area contributed by atoms with E-state index in [-0.39, 0.29) is 0 Å². The van der Waals surface area contributed by atoms with E-state index in [0.717, 1.165) is 18.3 Å². The van der Waals surface area contributed by atoms with Gasteiger partial charge in [-0.05, 0) is 31.6 Å². The van der Waals surface area contributed by atoms with Crippen LogP contribution in [0.5, 0.6) is 0 Å². The lowest BCUT2D eigenvalue weighted by atomic mass is 9.91. The molecule has 0 radical (unpaired) electrons. The molecule has 2 unspecified atom stereocenters. The maximum Gasteiger partial charge on any atom is 0.0117 e. The van der Waals surface area contributed by atoms with E-state index < -0.39 is 0 Å². The van der Waals surface area contributed by atoms with Gasteiger partial charge in [-0.3, -0.25) is 0 Å². The molecule has 0 aromatic carbocycles. The highest BCUT2D eigenvalue weighted by Crippen LogP contribution is 2.24. The largest absolute Gasteiger partial charge is 0.107 e. The van der Waals surface area contributed by atoms with Crippen LogP contribution in [0.1, 0.15) is 90.9 Å². The highest BCUT2D eigenvalue weighted by Gasteiger charge is 2.09. The molecule has 0 amide bonds. The average molecular weight is 248 g/mol. The van der Waals surface area contributed by atoms with Crippen molar-refractivity contribution in [1.29, 1.82) is 0 Å². The molecular formula is C18H32. The zero-order chi connectivity index (χ0) is 13.1. The van der Waals surface area contributed by atoms with Gasteiger partial charge in [0.25, 0.3) is 0 Å². The Kier molecular flexibility index (Phi) is 9.09. The van der Waals surface area contributed by atoms with Gasteiger partial charge >= 0.3 is 0 Å². The molecule has 0 heteroatoms. The molecule has 1 aliphatic rings. The normalized spacial score (nSPS) is 28.1. The number of hydrogen-bond acceptors (Lipinski definition) is 0. The maximum atomic E-state index is 3.30. The van der Waals surface area contributed by atoms with Crippen LogP contribution >= 0.6 is 0 Å². The van der Waals surface area contributed by atoms with E-state index in [1.165, 1.54) is 70.6 Å². The van der Waals surface area contributed by atoms with E-state index >= 15 is 0 Å². The van der Waals surface area contributed by atoms with Crippen LogP contribution in [0.15, 0.2) is 0 Å². The highest BCUT2D eigenvalue weighted by molar-refractivity contribution is 4.96. The van der Waals surface area contributed by atoms with Crippen molar-refractivity contribution in [2.45, 2.75) is 90.9 Å². The quantitative estimate of drug-likeness (QED) is 0.502. The predicted molar refractivity (Wildman–Crippen MR) is 81.5 cm³/mol. The highest BCUT2D eigenvalue weighted by atomic mass is 14.1. The smallest absolute Gasteiger partial charge is 0.0117 e. The summed E-state index contributed by atoms with van der Waals surface area (Å²) in [5.41, 5.74) is 0. The molecule has 0 aromatic rings. The fourth-order valence-electron chi connectivity index (χ4n) is 3.12. The Bertz CT molecular complexity index is 242. The second kappa shape index (κ2) is 10.5. The van der Waals surface area contributed by atoms with Crippen molar-refractivity contribution >= 4 is 0 Å². The molecule has 0 saturated heterocycles. The zero-order valence-electron chi connectivity index (χ0n) is 12.6. The minimum Gasteiger partial charge on any atom is -0.107 e. The Balaban J connectivity index is 2.33. The second-order valence-electron chi connectivity index (χ2n) is 6.23. The molecule has 2 atom stereocenters. The third kappa shape index (κ3) is 7.80. The van der Waals surface area contributed by atoms with Crippen molar-refractivity contribution in [1.82, 2.24) is 0 Å². The van der Waals surface area contributed by atoms with Gasteiger partial charge in [0.1, 0.15) is 0 Å². The standard InChI is InChI=1S/C18H32/c1-3-4-14-18-15-9-7-5-6-8-12-17(2)13-10-11-16-18/h17-18H,5-16H2,1-2H3. The molecule has 0 aromatic heterocycles. The summed E-state index contributed by atoms with van der Waals surface area (Å²) in [5.74, 6) is 8.21. The monoisotopic (exact) mass is 248 g/mol. The van der Waals surface area contributed by atoms with Crippen LogP contribution in [-0.4, -0.2) is 0 Å². The van der Waals surface area contributed by atoms with Crippen molar-refractivity contribution in [3.05, 3.63) is 0 Å². The Labute approximate surface area is 115 Å². The Morgan fingerprint density at radius 2 is 1.28 bits per heavy atom. The van der Waals surface area contributed by atoms with Gasteiger partial charge in [-0.1, -0.05) is 64.7 Å². The van der Waals surface area contributed by atoms with Crippen molar-refractivity contribution < 1.29 is 0 Å². The Morgan fingerprint density at radius 1 is 0.778 bits per heavy atom.